The molecule has 0 amide bonds. The fourth-order valence-corrected chi connectivity index (χ4v) is 2.30. The van der Waals surface area contributed by atoms with Gasteiger partial charge in [0, 0.05) is 11.5 Å². The van der Waals surface area contributed by atoms with Crippen LogP contribution in [0.5, 0.6) is 0 Å². The number of nitrogens with zero attached hydrogens (tertiary/aromatic N) is 1. The Hall–Kier alpha value is -0.450. The van der Waals surface area contributed by atoms with Crippen molar-refractivity contribution in [1.82, 2.24) is 0 Å². The lowest BCUT2D eigenvalue weighted by Gasteiger charge is -2.19. The molecule has 1 aliphatic rings. The molecule has 0 bridgehead atoms. The van der Waals surface area contributed by atoms with Gasteiger partial charge in [0.1, 0.15) is 6.17 Å². The van der Waals surface area contributed by atoms with Gasteiger partial charge in [-0.3, -0.25) is 0 Å². The van der Waals surface area contributed by atoms with E-state index < -0.39 is 0 Å². The predicted molar refractivity (Wildman–Crippen MR) is 61.1 cm³/mol. The van der Waals surface area contributed by atoms with Crippen LogP contribution in [0.15, 0.2) is 24.3 Å². The van der Waals surface area contributed by atoms with Crippen LogP contribution >= 0.6 is 22.6 Å². The Labute approximate surface area is 86.1 Å². The Balaban J connectivity index is 2.35. The number of nitrogens with one attached hydrogen (secondary N) is 1. The first-order chi connectivity index (χ1) is 5.83. The van der Waals surface area contributed by atoms with E-state index in [-0.39, 0.29) is 0 Å². The number of hydrogen-bond acceptors (Lipinski definition) is 2. The summed E-state index contributed by atoms with van der Waals surface area (Å²) in [4.78, 5) is 2.28. The molecule has 1 unspecified atom stereocenters. The fraction of sp³-hybridized carbons (Fsp3) is 0.333. The van der Waals surface area contributed by atoms with Gasteiger partial charge in [0.15, 0.2) is 0 Å². The molecular weight excluding hydrogens is 263 g/mol. The van der Waals surface area contributed by atoms with Gasteiger partial charge >= 0.3 is 0 Å². The van der Waals surface area contributed by atoms with Gasteiger partial charge in [-0.15, -0.1) is 0 Å². The monoisotopic (exact) mass is 274 g/mol. The van der Waals surface area contributed by atoms with Crippen LogP contribution < -0.4 is 10.2 Å². The molecule has 0 radical (unpaired) electrons. The molecule has 0 spiro atoms. The third-order valence-corrected chi connectivity index (χ3v) is 3.05. The number of fused-ring (bicyclic) bond motifs is 1. The van der Waals surface area contributed by atoms with Crippen LogP contribution in [0, 0.1) is 0 Å². The predicted octanol–water partition coefficient (Wildman–Crippen LogP) is 2.31. The van der Waals surface area contributed by atoms with Crippen molar-refractivity contribution in [1.29, 1.82) is 0 Å². The number of alkyl halides is 1. The lowest BCUT2D eigenvalue weighted by molar-refractivity contribution is 0.828. The molecule has 0 saturated heterocycles. The van der Waals surface area contributed by atoms with Gasteiger partial charge in [0.25, 0.3) is 0 Å². The Kier molecular flexibility index (Phi) is 2.12. The highest BCUT2D eigenvalue weighted by atomic mass is 127. The lowest BCUT2D eigenvalue weighted by atomic mass is 10.3. The van der Waals surface area contributed by atoms with Crippen molar-refractivity contribution < 1.29 is 0 Å². The molecule has 1 atom stereocenters. The molecule has 2 rings (SSSR count). The maximum absolute atomic E-state index is 3.45. The summed E-state index contributed by atoms with van der Waals surface area (Å²) in [7, 11) is 2.13. The van der Waals surface area contributed by atoms with Gasteiger partial charge < -0.3 is 10.2 Å². The topological polar surface area (TPSA) is 15.3 Å². The summed E-state index contributed by atoms with van der Waals surface area (Å²) in [6.07, 6.45) is 0.461. The van der Waals surface area contributed by atoms with Crippen molar-refractivity contribution in [3.05, 3.63) is 24.3 Å². The van der Waals surface area contributed by atoms with Crippen molar-refractivity contribution in [2.75, 3.05) is 21.7 Å². The van der Waals surface area contributed by atoms with Gasteiger partial charge in [0.05, 0.1) is 11.4 Å². The van der Waals surface area contributed by atoms with E-state index in [1.807, 2.05) is 0 Å². The maximum Gasteiger partial charge on any atom is 0.108 e. The van der Waals surface area contributed by atoms with E-state index in [4.69, 9.17) is 0 Å². The summed E-state index contributed by atoms with van der Waals surface area (Å²) >= 11 is 2.40. The Morgan fingerprint density at radius 3 is 2.92 bits per heavy atom. The maximum atomic E-state index is 3.45. The molecule has 2 nitrogen and oxygen atoms in total. The number of hydrogen-bond donors (Lipinski definition) is 1. The van der Waals surface area contributed by atoms with E-state index >= 15 is 0 Å². The summed E-state index contributed by atoms with van der Waals surface area (Å²) in [5.74, 6) is 0. The average Bonchev–Trinajstić information content (AvgIpc) is 2.44. The van der Waals surface area contributed by atoms with Crippen LogP contribution in [0.2, 0.25) is 0 Å². The smallest absolute Gasteiger partial charge is 0.108 e. The molecular formula is C9H11IN2. The lowest BCUT2D eigenvalue weighted by Crippen LogP contribution is -2.33. The molecule has 1 aromatic carbocycles. The number of halogens is 1. The zero-order valence-corrected chi connectivity index (χ0v) is 9.08. The molecule has 0 aliphatic carbocycles. The quantitative estimate of drug-likeness (QED) is 0.624. The number of anilines is 2. The second kappa shape index (κ2) is 3.12. The number of benzene rings is 1. The SMILES string of the molecule is CN1c2ccccc2NC1CI. The highest BCUT2D eigenvalue weighted by Gasteiger charge is 2.23. The summed E-state index contributed by atoms with van der Waals surface area (Å²) in [6.45, 7) is 0. The van der Waals surface area contributed by atoms with E-state index in [0.717, 1.165) is 4.43 Å². The van der Waals surface area contributed by atoms with Crippen molar-refractivity contribution in [2.45, 2.75) is 6.17 Å². The van der Waals surface area contributed by atoms with E-state index in [2.05, 4.69) is 64.1 Å². The molecule has 3 heteroatoms. The number of para-hydroxylation sites is 2. The molecule has 1 N–H and O–H groups in total. The molecule has 1 aromatic rings. The van der Waals surface area contributed by atoms with Crippen molar-refractivity contribution >= 4 is 34.0 Å². The minimum absolute atomic E-state index is 0.461. The molecule has 1 heterocycles. The van der Waals surface area contributed by atoms with Crippen LogP contribution in [0.1, 0.15) is 0 Å². The second-order valence-corrected chi connectivity index (χ2v) is 3.82. The fourth-order valence-electron chi connectivity index (χ4n) is 1.49. The Morgan fingerprint density at radius 2 is 2.25 bits per heavy atom. The zero-order valence-electron chi connectivity index (χ0n) is 6.92. The van der Waals surface area contributed by atoms with Crippen molar-refractivity contribution in [3.63, 3.8) is 0 Å². The standard InChI is InChI=1S/C9H11IN2/c1-12-8-5-3-2-4-7(8)11-9(12)6-10/h2-5,9,11H,6H2,1H3. The van der Waals surface area contributed by atoms with Gasteiger partial charge in [-0.1, -0.05) is 34.7 Å². The second-order valence-electron chi connectivity index (χ2n) is 2.94. The third kappa shape index (κ3) is 1.16. The van der Waals surface area contributed by atoms with Crippen molar-refractivity contribution in [2.24, 2.45) is 0 Å². The van der Waals surface area contributed by atoms with Crippen LogP contribution in [0.25, 0.3) is 0 Å². The van der Waals surface area contributed by atoms with Crippen LogP contribution in [0.3, 0.4) is 0 Å². The van der Waals surface area contributed by atoms with E-state index in [9.17, 15) is 0 Å². The Morgan fingerprint density at radius 1 is 1.50 bits per heavy atom. The molecule has 0 aromatic heterocycles. The van der Waals surface area contributed by atoms with E-state index in [1.165, 1.54) is 11.4 Å². The molecule has 12 heavy (non-hydrogen) atoms. The van der Waals surface area contributed by atoms with Crippen LogP contribution in [-0.4, -0.2) is 17.6 Å². The zero-order chi connectivity index (χ0) is 8.55. The molecule has 64 valence electrons. The van der Waals surface area contributed by atoms with E-state index in [0.29, 0.717) is 6.17 Å². The molecule has 1 aliphatic heterocycles. The highest BCUT2D eigenvalue weighted by Crippen LogP contribution is 2.32. The van der Waals surface area contributed by atoms with Crippen LogP contribution in [0.4, 0.5) is 11.4 Å². The summed E-state index contributed by atoms with van der Waals surface area (Å²) in [6, 6.07) is 8.41. The first-order valence-electron chi connectivity index (χ1n) is 3.97. The van der Waals surface area contributed by atoms with Crippen LogP contribution in [-0.2, 0) is 0 Å². The Bertz CT molecular complexity index is 288. The van der Waals surface area contributed by atoms with Crippen molar-refractivity contribution in [3.8, 4) is 0 Å². The summed E-state index contributed by atoms with van der Waals surface area (Å²) < 4.78 is 1.10. The minimum Gasteiger partial charge on any atom is -0.363 e. The van der Waals surface area contributed by atoms with E-state index in [1.54, 1.807) is 0 Å². The normalized spacial score (nSPS) is 20.5. The average molecular weight is 274 g/mol. The first-order valence-corrected chi connectivity index (χ1v) is 5.50. The van der Waals surface area contributed by atoms with Gasteiger partial charge in [-0.05, 0) is 12.1 Å². The van der Waals surface area contributed by atoms with Gasteiger partial charge in [-0.2, -0.15) is 0 Å². The summed E-state index contributed by atoms with van der Waals surface area (Å²) in [5, 5.41) is 3.45. The van der Waals surface area contributed by atoms with Gasteiger partial charge in [0.2, 0.25) is 0 Å². The third-order valence-electron chi connectivity index (χ3n) is 2.22. The number of rotatable bonds is 1. The minimum atomic E-state index is 0.461. The summed E-state index contributed by atoms with van der Waals surface area (Å²) in [5.41, 5.74) is 2.56. The largest absolute Gasteiger partial charge is 0.363 e. The van der Waals surface area contributed by atoms with Gasteiger partial charge in [-0.25, -0.2) is 0 Å². The first kappa shape index (κ1) is 8.16. The molecule has 0 saturated carbocycles. The highest BCUT2D eigenvalue weighted by molar-refractivity contribution is 14.1. The molecule has 0 fully saturated rings.